The molecule has 0 spiro atoms. The molecule has 32 heavy (non-hydrogen) atoms. The molecule has 1 fully saturated rings. The number of piperidine rings is 1. The number of anilines is 1. The van der Waals surface area contributed by atoms with E-state index in [-0.39, 0.29) is 35.0 Å². The first-order valence-corrected chi connectivity index (χ1v) is 10.5. The van der Waals surface area contributed by atoms with Gasteiger partial charge in [0.1, 0.15) is 0 Å². The van der Waals surface area contributed by atoms with Crippen molar-refractivity contribution in [3.05, 3.63) is 70.8 Å². The molecule has 0 radical (unpaired) electrons. The summed E-state index contributed by atoms with van der Waals surface area (Å²) in [5.74, 6) is -0.475. The first kappa shape index (κ1) is 23.8. The number of nitrogens with one attached hydrogen (secondary N) is 2. The van der Waals surface area contributed by atoms with Crippen molar-refractivity contribution in [1.29, 1.82) is 0 Å². The predicted molar refractivity (Wildman–Crippen MR) is 118 cm³/mol. The van der Waals surface area contributed by atoms with Crippen molar-refractivity contribution in [2.75, 3.05) is 25.0 Å². The molecule has 2 amide bonds. The summed E-state index contributed by atoms with van der Waals surface area (Å²) in [7, 11) is 0. The minimum absolute atomic E-state index is 0.0588. The Balaban J connectivity index is 1.44. The maximum absolute atomic E-state index is 12.9. The smallest absolute Gasteiger partial charge is 0.350 e. The fraction of sp³-hybridized carbons (Fsp3) is 0.304. The number of rotatable bonds is 6. The quantitative estimate of drug-likeness (QED) is 0.613. The molecule has 2 aromatic carbocycles. The van der Waals surface area contributed by atoms with Crippen molar-refractivity contribution < 1.29 is 22.8 Å². The van der Waals surface area contributed by atoms with Crippen LogP contribution in [0.2, 0.25) is 5.02 Å². The van der Waals surface area contributed by atoms with Gasteiger partial charge in [0.25, 0.3) is 0 Å². The van der Waals surface area contributed by atoms with Gasteiger partial charge >= 0.3 is 6.18 Å². The number of hydrogen-bond donors (Lipinski definition) is 2. The summed E-state index contributed by atoms with van der Waals surface area (Å²) in [5.41, 5.74) is 0.0380. The van der Waals surface area contributed by atoms with E-state index in [9.17, 15) is 22.8 Å². The fourth-order valence-electron chi connectivity index (χ4n) is 3.45. The first-order valence-electron chi connectivity index (χ1n) is 10.1. The lowest BCUT2D eigenvalue weighted by Gasteiger charge is -2.31. The van der Waals surface area contributed by atoms with Crippen molar-refractivity contribution >= 4 is 35.2 Å². The number of alkyl halides is 3. The van der Waals surface area contributed by atoms with Crippen LogP contribution >= 0.6 is 11.6 Å². The molecule has 3 rings (SSSR count). The van der Waals surface area contributed by atoms with E-state index in [0.717, 1.165) is 17.8 Å². The van der Waals surface area contributed by atoms with Gasteiger partial charge in [-0.1, -0.05) is 35.9 Å². The molecule has 0 atom stereocenters. The van der Waals surface area contributed by atoms with Crippen LogP contribution in [0.3, 0.4) is 0 Å². The van der Waals surface area contributed by atoms with E-state index in [0.29, 0.717) is 25.9 Å². The number of nitrogens with zero attached hydrogens (tertiary/aromatic N) is 1. The Kier molecular flexibility index (Phi) is 7.93. The van der Waals surface area contributed by atoms with E-state index in [1.165, 1.54) is 18.2 Å². The van der Waals surface area contributed by atoms with Gasteiger partial charge in [0, 0.05) is 30.9 Å². The lowest BCUT2D eigenvalue weighted by Crippen LogP contribution is -2.46. The summed E-state index contributed by atoms with van der Waals surface area (Å²) in [4.78, 5) is 26.3. The Morgan fingerprint density at radius 1 is 1.09 bits per heavy atom. The number of benzene rings is 2. The molecule has 0 unspecified atom stereocenters. The molecule has 1 aliphatic rings. The zero-order chi connectivity index (χ0) is 23.1. The monoisotopic (exact) mass is 465 g/mol. The molecule has 1 heterocycles. The minimum atomic E-state index is -4.56. The maximum Gasteiger partial charge on any atom is 0.417 e. The third-order valence-electron chi connectivity index (χ3n) is 5.08. The highest BCUT2D eigenvalue weighted by Crippen LogP contribution is 2.35. The normalized spacial score (nSPS) is 15.6. The highest BCUT2D eigenvalue weighted by molar-refractivity contribution is 6.31. The number of likely N-dealkylation sites (tertiary alicyclic amines) is 1. The van der Waals surface area contributed by atoms with Crippen molar-refractivity contribution in [1.82, 2.24) is 10.2 Å². The van der Waals surface area contributed by atoms with Crippen LogP contribution in [0.4, 0.5) is 18.9 Å². The van der Waals surface area contributed by atoms with Gasteiger partial charge in [0.15, 0.2) is 0 Å². The average molecular weight is 466 g/mol. The van der Waals surface area contributed by atoms with Gasteiger partial charge < -0.3 is 10.6 Å². The number of hydrogen-bond acceptors (Lipinski definition) is 3. The number of carbonyl (C=O) groups is 2. The van der Waals surface area contributed by atoms with E-state index in [4.69, 9.17) is 11.6 Å². The Morgan fingerprint density at radius 2 is 1.78 bits per heavy atom. The van der Waals surface area contributed by atoms with Gasteiger partial charge in [-0.25, -0.2) is 0 Å². The van der Waals surface area contributed by atoms with E-state index in [1.54, 1.807) is 0 Å². The van der Waals surface area contributed by atoms with Gasteiger partial charge in [-0.2, -0.15) is 13.2 Å². The second kappa shape index (κ2) is 10.7. The molecule has 1 saturated heterocycles. The fourth-order valence-corrected chi connectivity index (χ4v) is 3.67. The third-order valence-corrected chi connectivity index (χ3v) is 5.41. The molecule has 0 aromatic heterocycles. The van der Waals surface area contributed by atoms with Crippen molar-refractivity contribution in [2.24, 2.45) is 0 Å². The van der Waals surface area contributed by atoms with Crippen LogP contribution in [0.25, 0.3) is 6.08 Å². The Labute approximate surface area is 189 Å². The SMILES string of the molecule is O=C(/C=C/c1ccc(Cl)c(C(F)(F)F)c1)NC1CCN(CC(=O)Nc2ccccc2)CC1. The highest BCUT2D eigenvalue weighted by atomic mass is 35.5. The molecule has 9 heteroatoms. The molecular weight excluding hydrogens is 443 g/mol. The number of amides is 2. The van der Waals surface area contributed by atoms with Crippen LogP contribution < -0.4 is 10.6 Å². The van der Waals surface area contributed by atoms with Crippen LogP contribution in [-0.4, -0.2) is 42.4 Å². The second-order valence-corrected chi connectivity index (χ2v) is 7.95. The van der Waals surface area contributed by atoms with E-state index in [2.05, 4.69) is 10.6 Å². The molecule has 0 aliphatic carbocycles. The number of halogens is 4. The molecule has 1 aliphatic heterocycles. The van der Waals surface area contributed by atoms with Gasteiger partial charge in [-0.3, -0.25) is 14.5 Å². The molecular formula is C23H23ClF3N3O2. The molecule has 2 N–H and O–H groups in total. The summed E-state index contributed by atoms with van der Waals surface area (Å²) >= 11 is 5.60. The average Bonchev–Trinajstić information content (AvgIpc) is 2.74. The lowest BCUT2D eigenvalue weighted by molar-refractivity contribution is -0.137. The molecule has 0 bridgehead atoms. The van der Waals surface area contributed by atoms with Gasteiger partial charge in [0.2, 0.25) is 11.8 Å². The van der Waals surface area contributed by atoms with Gasteiger partial charge in [0.05, 0.1) is 17.1 Å². The molecule has 170 valence electrons. The van der Waals surface area contributed by atoms with Crippen molar-refractivity contribution in [3.63, 3.8) is 0 Å². The van der Waals surface area contributed by atoms with E-state index < -0.39 is 11.7 Å². The van der Waals surface area contributed by atoms with Crippen molar-refractivity contribution in [2.45, 2.75) is 25.1 Å². The zero-order valence-corrected chi connectivity index (χ0v) is 17.9. The summed E-state index contributed by atoms with van der Waals surface area (Å²) in [6, 6.07) is 12.6. The van der Waals surface area contributed by atoms with Gasteiger partial charge in [-0.05, 0) is 48.7 Å². The maximum atomic E-state index is 12.9. The van der Waals surface area contributed by atoms with E-state index in [1.807, 2.05) is 35.2 Å². The summed E-state index contributed by atoms with van der Waals surface area (Å²) in [6.07, 6.45) is -0.670. The third kappa shape index (κ3) is 7.10. The first-order chi connectivity index (χ1) is 15.2. The van der Waals surface area contributed by atoms with Crippen LogP contribution in [0.15, 0.2) is 54.6 Å². The minimum Gasteiger partial charge on any atom is -0.350 e. The number of para-hydroxylation sites is 1. The van der Waals surface area contributed by atoms with Crippen LogP contribution in [0.1, 0.15) is 24.0 Å². The molecule has 2 aromatic rings. The van der Waals surface area contributed by atoms with Crippen molar-refractivity contribution in [3.8, 4) is 0 Å². The topological polar surface area (TPSA) is 61.4 Å². The Hall–Kier alpha value is -2.84. The summed E-state index contributed by atoms with van der Waals surface area (Å²) in [6.45, 7) is 1.58. The Bertz CT molecular complexity index is 972. The predicted octanol–water partition coefficient (Wildman–Crippen LogP) is 4.59. The second-order valence-electron chi connectivity index (χ2n) is 7.54. The van der Waals surface area contributed by atoms with Crippen LogP contribution in [0.5, 0.6) is 0 Å². The zero-order valence-electron chi connectivity index (χ0n) is 17.2. The van der Waals surface area contributed by atoms with Crippen LogP contribution in [0, 0.1) is 0 Å². The van der Waals surface area contributed by atoms with Crippen LogP contribution in [-0.2, 0) is 15.8 Å². The molecule has 5 nitrogen and oxygen atoms in total. The van der Waals surface area contributed by atoms with E-state index >= 15 is 0 Å². The largest absolute Gasteiger partial charge is 0.417 e. The number of carbonyl (C=O) groups excluding carboxylic acids is 2. The van der Waals surface area contributed by atoms with Gasteiger partial charge in [-0.15, -0.1) is 0 Å². The summed E-state index contributed by atoms with van der Waals surface area (Å²) in [5, 5.41) is 5.32. The molecule has 0 saturated carbocycles. The lowest BCUT2D eigenvalue weighted by atomic mass is 10.0. The Morgan fingerprint density at radius 3 is 2.44 bits per heavy atom. The standard InChI is InChI=1S/C23H23ClF3N3O2/c24-20-8-6-16(14-19(20)23(25,26)27)7-9-21(31)28-18-10-12-30(13-11-18)15-22(32)29-17-4-2-1-3-5-17/h1-9,14,18H,10-13,15H2,(H,28,31)(H,29,32)/b9-7+. The summed E-state index contributed by atoms with van der Waals surface area (Å²) < 4.78 is 38.8. The highest BCUT2D eigenvalue weighted by Gasteiger charge is 2.33.